The fraction of sp³-hybridized carbons (Fsp3) is 0.909. The molecule has 0 spiro atoms. The summed E-state index contributed by atoms with van der Waals surface area (Å²) in [4.78, 5) is 12.2. The summed E-state index contributed by atoms with van der Waals surface area (Å²) in [6.07, 6.45) is 2.06. The van der Waals surface area contributed by atoms with Crippen LogP contribution in [0.1, 0.15) is 25.7 Å². The van der Waals surface area contributed by atoms with Crippen molar-refractivity contribution >= 4 is 5.91 Å². The Morgan fingerprint density at radius 2 is 2.13 bits per heavy atom. The highest BCUT2D eigenvalue weighted by molar-refractivity contribution is 5.79. The molecule has 0 N–H and O–H groups in total. The summed E-state index contributed by atoms with van der Waals surface area (Å²) < 4.78 is 24.3. The fourth-order valence-corrected chi connectivity index (χ4v) is 3.21. The molecule has 2 saturated carbocycles. The predicted molar refractivity (Wildman–Crippen MR) is 52.6 cm³/mol. The minimum atomic E-state index is -2.85. The van der Waals surface area contributed by atoms with Gasteiger partial charge in [-0.2, -0.15) is 8.78 Å². The highest BCUT2D eigenvalue weighted by atomic mass is 19.3. The third-order valence-electron chi connectivity index (χ3n) is 3.96. The zero-order chi connectivity index (χ0) is 11.0. The summed E-state index contributed by atoms with van der Waals surface area (Å²) in [5.41, 5.74) is 0. The van der Waals surface area contributed by atoms with E-state index in [1.54, 1.807) is 0 Å². The van der Waals surface area contributed by atoms with Crippen molar-refractivity contribution in [2.24, 2.45) is 17.8 Å². The van der Waals surface area contributed by atoms with Crippen molar-refractivity contribution in [1.82, 2.24) is 4.90 Å². The van der Waals surface area contributed by atoms with Gasteiger partial charge in [0.15, 0.2) is 0 Å². The van der Waals surface area contributed by atoms with Gasteiger partial charge in [0, 0.05) is 13.6 Å². The van der Waals surface area contributed by atoms with Gasteiger partial charge in [-0.1, -0.05) is 6.42 Å². The summed E-state index contributed by atoms with van der Waals surface area (Å²) in [6.45, 7) is 0.518. The summed E-state index contributed by atoms with van der Waals surface area (Å²) in [5.74, 6) is 0.923. The maximum Gasteiger partial charge on any atom is 0.315 e. The number of rotatable bonds is 3. The van der Waals surface area contributed by atoms with Crippen LogP contribution in [-0.2, 0) is 4.79 Å². The lowest BCUT2D eigenvalue weighted by molar-refractivity contribution is -0.142. The minimum absolute atomic E-state index is 0.469. The van der Waals surface area contributed by atoms with E-state index >= 15 is 0 Å². The van der Waals surface area contributed by atoms with E-state index in [1.165, 1.54) is 31.2 Å². The zero-order valence-corrected chi connectivity index (χ0v) is 8.96. The van der Waals surface area contributed by atoms with Crippen molar-refractivity contribution in [2.75, 3.05) is 13.6 Å². The average Bonchev–Trinajstić information content (AvgIpc) is 2.77. The Hall–Kier alpha value is -0.670. The van der Waals surface area contributed by atoms with Crippen molar-refractivity contribution < 1.29 is 13.6 Å². The first-order valence-electron chi connectivity index (χ1n) is 5.61. The number of carbonyl (C=O) groups excluding carboxylic acids is 1. The van der Waals surface area contributed by atoms with Crippen LogP contribution in [0.5, 0.6) is 0 Å². The van der Waals surface area contributed by atoms with E-state index in [-0.39, 0.29) is 0 Å². The van der Waals surface area contributed by atoms with Crippen LogP contribution in [0.2, 0.25) is 0 Å². The summed E-state index contributed by atoms with van der Waals surface area (Å²) in [5, 5.41) is 0. The Morgan fingerprint density at radius 1 is 1.40 bits per heavy atom. The predicted octanol–water partition coefficient (Wildman–Crippen LogP) is 2.15. The number of nitrogens with zero attached hydrogens (tertiary/aromatic N) is 1. The topological polar surface area (TPSA) is 20.3 Å². The molecule has 0 aromatic carbocycles. The molecule has 0 aromatic rings. The third-order valence-corrected chi connectivity index (χ3v) is 3.96. The van der Waals surface area contributed by atoms with E-state index < -0.39 is 12.3 Å². The molecule has 0 saturated heterocycles. The molecule has 3 unspecified atom stereocenters. The van der Waals surface area contributed by atoms with Gasteiger partial charge < -0.3 is 4.90 Å². The highest BCUT2D eigenvalue weighted by Gasteiger charge is 2.40. The average molecular weight is 217 g/mol. The van der Waals surface area contributed by atoms with Gasteiger partial charge in [-0.05, 0) is 37.0 Å². The second kappa shape index (κ2) is 4.06. The molecule has 86 valence electrons. The Balaban J connectivity index is 1.84. The largest absolute Gasteiger partial charge is 0.341 e. The molecule has 0 aliphatic heterocycles. The van der Waals surface area contributed by atoms with Gasteiger partial charge in [0.25, 0.3) is 5.91 Å². The van der Waals surface area contributed by atoms with E-state index in [9.17, 15) is 13.6 Å². The van der Waals surface area contributed by atoms with Crippen LogP contribution in [0.25, 0.3) is 0 Å². The van der Waals surface area contributed by atoms with Crippen LogP contribution in [-0.4, -0.2) is 30.8 Å². The van der Waals surface area contributed by atoms with Gasteiger partial charge in [-0.25, -0.2) is 0 Å². The molecule has 0 radical (unpaired) electrons. The molecule has 4 heteroatoms. The normalized spacial score (nSPS) is 33.7. The Morgan fingerprint density at radius 3 is 2.60 bits per heavy atom. The van der Waals surface area contributed by atoms with Gasteiger partial charge in [0.1, 0.15) is 0 Å². The van der Waals surface area contributed by atoms with E-state index in [4.69, 9.17) is 0 Å². The fourth-order valence-electron chi connectivity index (χ4n) is 3.21. The van der Waals surface area contributed by atoms with Crippen LogP contribution in [0.4, 0.5) is 8.78 Å². The first-order valence-corrected chi connectivity index (χ1v) is 5.61. The quantitative estimate of drug-likeness (QED) is 0.709. The standard InChI is InChI=1S/C11H17F2NO/c1-14(11(15)10(12)13)6-9-5-7-2-3-8(9)4-7/h7-10H,2-6H2,1H3. The Bertz CT molecular complexity index is 257. The molecular formula is C11H17F2NO. The van der Waals surface area contributed by atoms with Crippen molar-refractivity contribution in [3.8, 4) is 0 Å². The second-order valence-corrected chi connectivity index (χ2v) is 4.95. The van der Waals surface area contributed by atoms with Crippen molar-refractivity contribution in [1.29, 1.82) is 0 Å². The molecule has 2 aliphatic rings. The van der Waals surface area contributed by atoms with Crippen LogP contribution in [0.15, 0.2) is 0 Å². The molecule has 0 heterocycles. The Kier molecular flexibility index (Phi) is 2.94. The Labute approximate surface area is 88.6 Å². The van der Waals surface area contributed by atoms with Crippen molar-refractivity contribution in [2.45, 2.75) is 32.1 Å². The van der Waals surface area contributed by atoms with Gasteiger partial charge in [-0.15, -0.1) is 0 Å². The summed E-state index contributed by atoms with van der Waals surface area (Å²) >= 11 is 0. The third kappa shape index (κ3) is 2.13. The highest BCUT2D eigenvalue weighted by Crippen LogP contribution is 2.48. The summed E-state index contributed by atoms with van der Waals surface area (Å²) in [6, 6.07) is 0. The number of hydrogen-bond acceptors (Lipinski definition) is 1. The minimum Gasteiger partial charge on any atom is -0.341 e. The maximum absolute atomic E-state index is 12.1. The molecular weight excluding hydrogens is 200 g/mol. The van der Waals surface area contributed by atoms with Gasteiger partial charge >= 0.3 is 6.43 Å². The number of halogens is 2. The monoisotopic (exact) mass is 217 g/mol. The van der Waals surface area contributed by atoms with Crippen LogP contribution in [0, 0.1) is 17.8 Å². The number of alkyl halides is 2. The lowest BCUT2D eigenvalue weighted by Gasteiger charge is -2.26. The lowest BCUT2D eigenvalue weighted by Crippen LogP contribution is -2.37. The molecule has 0 aromatic heterocycles. The number of hydrogen-bond donors (Lipinski definition) is 0. The van der Waals surface area contributed by atoms with Crippen LogP contribution >= 0.6 is 0 Å². The smallest absolute Gasteiger partial charge is 0.315 e. The molecule has 1 amide bonds. The zero-order valence-electron chi connectivity index (χ0n) is 8.96. The molecule has 3 atom stereocenters. The maximum atomic E-state index is 12.1. The van der Waals surface area contributed by atoms with Gasteiger partial charge in [0.05, 0.1) is 0 Å². The molecule has 2 aliphatic carbocycles. The first kappa shape index (κ1) is 10.8. The lowest BCUT2D eigenvalue weighted by atomic mass is 9.88. The van der Waals surface area contributed by atoms with Gasteiger partial charge in [-0.3, -0.25) is 4.79 Å². The molecule has 2 fully saturated rings. The first-order chi connectivity index (χ1) is 7.08. The molecule has 2 nitrogen and oxygen atoms in total. The molecule has 15 heavy (non-hydrogen) atoms. The van der Waals surface area contributed by atoms with E-state index in [2.05, 4.69) is 0 Å². The van der Waals surface area contributed by atoms with E-state index in [1.807, 2.05) is 0 Å². The molecule has 2 bridgehead atoms. The van der Waals surface area contributed by atoms with Crippen molar-refractivity contribution in [3.05, 3.63) is 0 Å². The van der Waals surface area contributed by atoms with Crippen LogP contribution < -0.4 is 0 Å². The van der Waals surface area contributed by atoms with Crippen LogP contribution in [0.3, 0.4) is 0 Å². The number of fused-ring (bicyclic) bond motifs is 2. The van der Waals surface area contributed by atoms with Crippen molar-refractivity contribution in [3.63, 3.8) is 0 Å². The SMILES string of the molecule is CN(CC1CC2CCC1C2)C(=O)C(F)F. The number of carbonyl (C=O) groups is 1. The van der Waals surface area contributed by atoms with E-state index in [0.717, 1.165) is 12.3 Å². The summed E-state index contributed by atoms with van der Waals surface area (Å²) in [7, 11) is 1.49. The second-order valence-electron chi connectivity index (χ2n) is 4.95. The van der Waals surface area contributed by atoms with Gasteiger partial charge in [0.2, 0.25) is 0 Å². The van der Waals surface area contributed by atoms with E-state index in [0.29, 0.717) is 18.4 Å². The molecule has 2 rings (SSSR count). The number of amides is 1.